The van der Waals surface area contributed by atoms with Crippen molar-refractivity contribution in [2.75, 3.05) is 18.0 Å². The Morgan fingerprint density at radius 1 is 1.16 bits per heavy atom. The molecule has 32 heavy (non-hydrogen) atoms. The summed E-state index contributed by atoms with van der Waals surface area (Å²) in [6.45, 7) is 3.61. The second-order valence-corrected chi connectivity index (χ2v) is 8.81. The standard InChI is InChI=1S/C25H30N4O2S/c1-2-3-11-21(30)25(31)26-17-13-15-29(16-14-17)24-18-8-4-6-10-20(18)27-23(28-24)19-9-5-7-12-22(19)32/h4-10,12,17,21,30,32H,2-3,11,13-16H2,1H3,(H,26,31). The molecule has 2 N–H and O–H groups in total. The van der Waals surface area contributed by atoms with Gasteiger partial charge in [0.05, 0.1) is 5.52 Å². The first-order valence-electron chi connectivity index (χ1n) is 11.4. The lowest BCUT2D eigenvalue weighted by atomic mass is 10.0. The third kappa shape index (κ3) is 5.05. The summed E-state index contributed by atoms with van der Waals surface area (Å²) in [4.78, 5) is 25.1. The number of nitrogens with zero attached hydrogens (tertiary/aromatic N) is 3. The molecule has 1 atom stereocenters. The van der Waals surface area contributed by atoms with Crippen molar-refractivity contribution in [1.29, 1.82) is 0 Å². The van der Waals surface area contributed by atoms with Gasteiger partial charge in [0, 0.05) is 35.0 Å². The number of nitrogens with one attached hydrogen (secondary N) is 1. The maximum atomic E-state index is 12.3. The molecule has 4 rings (SSSR count). The number of fused-ring (bicyclic) bond motifs is 1. The number of para-hydroxylation sites is 1. The lowest BCUT2D eigenvalue weighted by Crippen LogP contribution is -2.47. The third-order valence-corrected chi connectivity index (χ3v) is 6.39. The highest BCUT2D eigenvalue weighted by Crippen LogP contribution is 2.31. The van der Waals surface area contributed by atoms with Crippen molar-refractivity contribution in [3.8, 4) is 11.4 Å². The zero-order valence-corrected chi connectivity index (χ0v) is 19.3. The Bertz CT molecular complexity index is 1080. The lowest BCUT2D eigenvalue weighted by molar-refractivity contribution is -0.130. The van der Waals surface area contributed by atoms with Crippen LogP contribution in [0.1, 0.15) is 39.0 Å². The van der Waals surface area contributed by atoms with E-state index in [9.17, 15) is 9.90 Å². The SMILES string of the molecule is CCCCC(O)C(=O)NC1CCN(c2nc(-c3ccccc3S)nc3ccccc23)CC1. The molecule has 3 aromatic rings. The second-order valence-electron chi connectivity index (χ2n) is 8.33. The van der Waals surface area contributed by atoms with E-state index in [1.165, 1.54) is 0 Å². The second kappa shape index (κ2) is 10.3. The quantitative estimate of drug-likeness (QED) is 0.470. The van der Waals surface area contributed by atoms with Gasteiger partial charge in [-0.15, -0.1) is 12.6 Å². The van der Waals surface area contributed by atoms with Crippen LogP contribution in [-0.4, -0.2) is 46.2 Å². The molecule has 0 radical (unpaired) electrons. The molecule has 1 fully saturated rings. The number of anilines is 1. The first kappa shape index (κ1) is 22.6. The highest BCUT2D eigenvalue weighted by molar-refractivity contribution is 7.80. The van der Waals surface area contributed by atoms with Gasteiger partial charge in [0.2, 0.25) is 5.91 Å². The van der Waals surface area contributed by atoms with Gasteiger partial charge in [-0.2, -0.15) is 0 Å². The van der Waals surface area contributed by atoms with Gasteiger partial charge in [0.25, 0.3) is 0 Å². The number of amides is 1. The van der Waals surface area contributed by atoms with Crippen LogP contribution in [0.25, 0.3) is 22.3 Å². The van der Waals surface area contributed by atoms with E-state index in [2.05, 4.69) is 35.8 Å². The minimum atomic E-state index is -0.914. The van der Waals surface area contributed by atoms with E-state index >= 15 is 0 Å². The summed E-state index contributed by atoms with van der Waals surface area (Å²) in [5, 5.41) is 14.1. The number of aliphatic hydroxyl groups excluding tert-OH is 1. The minimum Gasteiger partial charge on any atom is -0.383 e. The van der Waals surface area contributed by atoms with Gasteiger partial charge in [0.1, 0.15) is 11.9 Å². The van der Waals surface area contributed by atoms with Crippen molar-refractivity contribution >= 4 is 35.3 Å². The number of benzene rings is 2. The van der Waals surface area contributed by atoms with Crippen LogP contribution in [0.3, 0.4) is 0 Å². The highest BCUT2D eigenvalue weighted by atomic mass is 32.1. The number of carbonyl (C=O) groups excluding carboxylic acids is 1. The van der Waals surface area contributed by atoms with Crippen molar-refractivity contribution < 1.29 is 9.90 Å². The average Bonchev–Trinajstić information content (AvgIpc) is 2.82. The van der Waals surface area contributed by atoms with Crippen LogP contribution in [0, 0.1) is 0 Å². The summed E-state index contributed by atoms with van der Waals surface area (Å²) in [5.41, 5.74) is 1.81. The van der Waals surface area contributed by atoms with E-state index in [-0.39, 0.29) is 11.9 Å². The summed E-state index contributed by atoms with van der Waals surface area (Å²) in [5.74, 6) is 1.32. The van der Waals surface area contributed by atoms with Gasteiger partial charge in [-0.05, 0) is 37.5 Å². The molecule has 0 spiro atoms. The number of thiol groups is 1. The molecule has 1 saturated heterocycles. The molecule has 1 aliphatic rings. The molecule has 0 aliphatic carbocycles. The fourth-order valence-corrected chi connectivity index (χ4v) is 4.41. The molecule has 6 nitrogen and oxygen atoms in total. The van der Waals surface area contributed by atoms with Gasteiger partial charge >= 0.3 is 0 Å². The number of carbonyl (C=O) groups is 1. The van der Waals surface area contributed by atoms with Gasteiger partial charge in [-0.25, -0.2) is 9.97 Å². The van der Waals surface area contributed by atoms with E-state index in [0.717, 1.165) is 66.0 Å². The van der Waals surface area contributed by atoms with Crippen LogP contribution in [0.2, 0.25) is 0 Å². The van der Waals surface area contributed by atoms with Crippen LogP contribution in [0.15, 0.2) is 53.4 Å². The van der Waals surface area contributed by atoms with Gasteiger partial charge in [0.15, 0.2) is 5.82 Å². The molecule has 2 aromatic carbocycles. The number of rotatable bonds is 7. The van der Waals surface area contributed by atoms with E-state index in [1.807, 2.05) is 42.5 Å². The molecule has 1 aromatic heterocycles. The van der Waals surface area contributed by atoms with Crippen molar-refractivity contribution in [1.82, 2.24) is 15.3 Å². The molecule has 1 unspecified atom stereocenters. The number of aromatic nitrogens is 2. The largest absolute Gasteiger partial charge is 0.383 e. The van der Waals surface area contributed by atoms with Gasteiger partial charge < -0.3 is 15.3 Å². The molecular weight excluding hydrogens is 420 g/mol. The summed E-state index contributed by atoms with van der Waals surface area (Å²) < 4.78 is 0. The Morgan fingerprint density at radius 3 is 2.62 bits per heavy atom. The van der Waals surface area contributed by atoms with Gasteiger partial charge in [-0.3, -0.25) is 4.79 Å². The molecule has 168 valence electrons. The smallest absolute Gasteiger partial charge is 0.249 e. The fraction of sp³-hybridized carbons (Fsp3) is 0.400. The van der Waals surface area contributed by atoms with E-state index in [1.54, 1.807) is 0 Å². The summed E-state index contributed by atoms with van der Waals surface area (Å²) in [6, 6.07) is 16.0. The molecule has 1 aliphatic heterocycles. The maximum absolute atomic E-state index is 12.3. The summed E-state index contributed by atoms with van der Waals surface area (Å²) >= 11 is 4.59. The van der Waals surface area contributed by atoms with E-state index in [0.29, 0.717) is 12.2 Å². The summed E-state index contributed by atoms with van der Waals surface area (Å²) in [6.07, 6.45) is 3.04. The van der Waals surface area contributed by atoms with E-state index < -0.39 is 6.10 Å². The first-order chi connectivity index (χ1) is 15.6. The van der Waals surface area contributed by atoms with Crippen molar-refractivity contribution in [3.63, 3.8) is 0 Å². The molecule has 0 bridgehead atoms. The topological polar surface area (TPSA) is 78.4 Å². The Hall–Kier alpha value is -2.64. The maximum Gasteiger partial charge on any atom is 0.249 e. The number of aliphatic hydroxyl groups is 1. The van der Waals surface area contributed by atoms with Crippen LogP contribution >= 0.6 is 12.6 Å². The fourth-order valence-electron chi connectivity index (χ4n) is 4.15. The third-order valence-electron chi connectivity index (χ3n) is 6.00. The lowest BCUT2D eigenvalue weighted by Gasteiger charge is -2.34. The monoisotopic (exact) mass is 450 g/mol. The number of hydrogen-bond acceptors (Lipinski definition) is 6. The molecular formula is C25H30N4O2S. The average molecular weight is 451 g/mol. The van der Waals surface area contributed by atoms with Crippen molar-refractivity contribution in [2.45, 2.75) is 56.1 Å². The summed E-state index contributed by atoms with van der Waals surface area (Å²) in [7, 11) is 0. The Morgan fingerprint density at radius 2 is 1.88 bits per heavy atom. The van der Waals surface area contributed by atoms with Crippen LogP contribution < -0.4 is 10.2 Å². The Labute approximate surface area is 194 Å². The van der Waals surface area contributed by atoms with Crippen molar-refractivity contribution in [2.24, 2.45) is 0 Å². The minimum absolute atomic E-state index is 0.0702. The molecule has 1 amide bonds. The zero-order valence-electron chi connectivity index (χ0n) is 18.4. The normalized spacial score (nSPS) is 15.7. The molecule has 2 heterocycles. The van der Waals surface area contributed by atoms with Crippen LogP contribution in [0.4, 0.5) is 5.82 Å². The number of unbranched alkanes of at least 4 members (excludes halogenated alkanes) is 1. The zero-order chi connectivity index (χ0) is 22.5. The van der Waals surface area contributed by atoms with Crippen molar-refractivity contribution in [3.05, 3.63) is 48.5 Å². The molecule has 7 heteroatoms. The predicted molar refractivity (Wildman–Crippen MR) is 131 cm³/mol. The van der Waals surface area contributed by atoms with Crippen LogP contribution in [-0.2, 0) is 4.79 Å². The highest BCUT2D eigenvalue weighted by Gasteiger charge is 2.25. The first-order valence-corrected chi connectivity index (χ1v) is 11.8. The van der Waals surface area contributed by atoms with Gasteiger partial charge in [-0.1, -0.05) is 50.1 Å². The molecule has 0 saturated carbocycles. The number of piperidine rings is 1. The predicted octanol–water partition coefficient (Wildman–Crippen LogP) is 4.22. The number of hydrogen-bond donors (Lipinski definition) is 3. The Balaban J connectivity index is 1.52. The van der Waals surface area contributed by atoms with E-state index in [4.69, 9.17) is 9.97 Å². The Kier molecular flexibility index (Phi) is 7.27. The van der Waals surface area contributed by atoms with Crippen LogP contribution in [0.5, 0.6) is 0 Å².